The lowest BCUT2D eigenvalue weighted by Gasteiger charge is -2.00. The minimum Gasteiger partial charge on any atom is -0.455 e. The van der Waals surface area contributed by atoms with E-state index in [9.17, 15) is 4.79 Å². The summed E-state index contributed by atoms with van der Waals surface area (Å²) in [6.45, 7) is 2.00. The van der Waals surface area contributed by atoms with Crippen molar-refractivity contribution in [1.82, 2.24) is 5.16 Å². The van der Waals surface area contributed by atoms with Gasteiger partial charge in [0.25, 0.3) is 0 Å². The van der Waals surface area contributed by atoms with Crippen molar-refractivity contribution in [2.75, 3.05) is 0 Å². The van der Waals surface area contributed by atoms with Crippen LogP contribution in [0.15, 0.2) is 39.5 Å². The summed E-state index contributed by atoms with van der Waals surface area (Å²) < 4.78 is 10.5. The molecule has 102 valence electrons. The van der Waals surface area contributed by atoms with Gasteiger partial charge in [0.2, 0.25) is 0 Å². The smallest absolute Gasteiger partial charge is 0.348 e. The normalized spacial score (nSPS) is 10.7. The first-order valence-electron chi connectivity index (χ1n) is 5.95. The van der Waals surface area contributed by atoms with Gasteiger partial charge in [-0.15, -0.1) is 22.7 Å². The van der Waals surface area contributed by atoms with Crippen LogP contribution in [0.5, 0.6) is 0 Å². The maximum Gasteiger partial charge on any atom is 0.348 e. The Balaban J connectivity index is 1.65. The molecule has 20 heavy (non-hydrogen) atoms. The molecule has 6 heteroatoms. The molecule has 0 fully saturated rings. The van der Waals surface area contributed by atoms with Crippen molar-refractivity contribution in [3.8, 4) is 10.6 Å². The largest absolute Gasteiger partial charge is 0.455 e. The Labute approximate surface area is 123 Å². The minimum absolute atomic E-state index is 0.116. The van der Waals surface area contributed by atoms with Gasteiger partial charge < -0.3 is 9.26 Å². The molecule has 0 saturated carbocycles. The van der Waals surface area contributed by atoms with Gasteiger partial charge in [-0.05, 0) is 35.4 Å². The first kappa shape index (κ1) is 13.1. The fourth-order valence-corrected chi connectivity index (χ4v) is 3.19. The average molecular weight is 305 g/mol. The molecule has 0 amide bonds. The number of rotatable bonds is 4. The van der Waals surface area contributed by atoms with Crippen molar-refractivity contribution < 1.29 is 14.1 Å². The van der Waals surface area contributed by atoms with Gasteiger partial charge in [0.1, 0.15) is 17.2 Å². The van der Waals surface area contributed by atoms with E-state index in [0.29, 0.717) is 16.3 Å². The third-order valence-corrected chi connectivity index (χ3v) is 4.60. The zero-order valence-corrected chi connectivity index (χ0v) is 12.3. The highest BCUT2D eigenvalue weighted by atomic mass is 32.1. The van der Waals surface area contributed by atoms with Crippen LogP contribution in [-0.4, -0.2) is 11.1 Å². The van der Waals surface area contributed by atoms with Crippen molar-refractivity contribution >= 4 is 28.6 Å². The summed E-state index contributed by atoms with van der Waals surface area (Å²) in [7, 11) is 0. The summed E-state index contributed by atoms with van der Waals surface area (Å²) in [5, 5.41) is 7.75. The Kier molecular flexibility index (Phi) is 3.66. The number of aromatic nitrogens is 1. The molecular weight excluding hydrogens is 294 g/mol. The highest BCUT2D eigenvalue weighted by Gasteiger charge is 2.14. The Hall–Kier alpha value is -1.92. The summed E-state index contributed by atoms with van der Waals surface area (Å²) >= 11 is 2.95. The lowest BCUT2D eigenvalue weighted by atomic mass is 10.3. The number of thiophene rings is 2. The summed E-state index contributed by atoms with van der Waals surface area (Å²) in [5.74, 6) is 0.372. The summed E-state index contributed by atoms with van der Waals surface area (Å²) in [5.41, 5.74) is 1.54. The number of ether oxygens (including phenoxy) is 1. The molecule has 0 N–H and O–H groups in total. The summed E-state index contributed by atoms with van der Waals surface area (Å²) in [4.78, 5) is 13.5. The van der Waals surface area contributed by atoms with Crippen molar-refractivity contribution in [1.29, 1.82) is 0 Å². The van der Waals surface area contributed by atoms with E-state index in [1.54, 1.807) is 17.4 Å². The second-order valence-electron chi connectivity index (χ2n) is 4.17. The van der Waals surface area contributed by atoms with Crippen LogP contribution < -0.4 is 0 Å². The number of aryl methyl sites for hydroxylation is 1. The molecule has 3 aromatic heterocycles. The Morgan fingerprint density at radius 2 is 2.25 bits per heavy atom. The molecule has 0 radical (unpaired) electrons. The van der Waals surface area contributed by atoms with Crippen LogP contribution in [0.1, 0.15) is 20.9 Å². The molecule has 3 aromatic rings. The van der Waals surface area contributed by atoms with Gasteiger partial charge in [0.05, 0.1) is 4.88 Å². The molecule has 0 aliphatic carbocycles. The highest BCUT2D eigenvalue weighted by Crippen LogP contribution is 2.25. The van der Waals surface area contributed by atoms with Crippen molar-refractivity contribution in [2.24, 2.45) is 0 Å². The lowest BCUT2D eigenvalue weighted by Crippen LogP contribution is -2.04. The number of hydrogen-bond donors (Lipinski definition) is 0. The van der Waals surface area contributed by atoms with E-state index in [1.807, 2.05) is 35.9 Å². The molecule has 0 aromatic carbocycles. The maximum absolute atomic E-state index is 11.9. The molecule has 0 unspecified atom stereocenters. The van der Waals surface area contributed by atoms with E-state index >= 15 is 0 Å². The van der Waals surface area contributed by atoms with Crippen LogP contribution in [0.3, 0.4) is 0 Å². The van der Waals surface area contributed by atoms with Crippen LogP contribution >= 0.6 is 22.7 Å². The molecule has 0 aliphatic heterocycles. The minimum atomic E-state index is -0.321. The topological polar surface area (TPSA) is 52.3 Å². The molecule has 4 nitrogen and oxygen atoms in total. The Morgan fingerprint density at radius 1 is 1.35 bits per heavy atom. The lowest BCUT2D eigenvalue weighted by molar-refractivity contribution is 0.0469. The number of carbonyl (C=O) groups excluding carboxylic acids is 1. The SMILES string of the molecule is Cc1ccsc1C(=O)OCc1cc(-c2cccs2)on1. The summed E-state index contributed by atoms with van der Waals surface area (Å²) in [6.07, 6.45) is 0. The number of carbonyl (C=O) groups is 1. The molecule has 0 atom stereocenters. The van der Waals surface area contributed by atoms with Gasteiger partial charge in [0, 0.05) is 6.07 Å². The van der Waals surface area contributed by atoms with E-state index in [1.165, 1.54) is 11.3 Å². The van der Waals surface area contributed by atoms with Crippen LogP contribution in [0.4, 0.5) is 0 Å². The Morgan fingerprint density at radius 3 is 2.95 bits per heavy atom. The first-order valence-corrected chi connectivity index (χ1v) is 7.70. The third kappa shape index (κ3) is 2.66. The number of nitrogens with zero attached hydrogens (tertiary/aromatic N) is 1. The molecule has 0 saturated heterocycles. The van der Waals surface area contributed by atoms with Gasteiger partial charge in [-0.3, -0.25) is 0 Å². The third-order valence-electron chi connectivity index (χ3n) is 2.72. The fraction of sp³-hybridized carbons (Fsp3) is 0.143. The van der Waals surface area contributed by atoms with Gasteiger partial charge in [-0.1, -0.05) is 11.2 Å². The second kappa shape index (κ2) is 5.60. The van der Waals surface area contributed by atoms with Crippen LogP contribution in [-0.2, 0) is 11.3 Å². The first-order chi connectivity index (χ1) is 9.74. The summed E-state index contributed by atoms with van der Waals surface area (Å²) in [6, 6.07) is 7.59. The van der Waals surface area contributed by atoms with Gasteiger partial charge in [0.15, 0.2) is 5.76 Å². The average Bonchev–Trinajstić information content (AvgIpc) is 3.16. The fourth-order valence-electron chi connectivity index (χ4n) is 1.70. The molecule has 3 rings (SSSR count). The van der Waals surface area contributed by atoms with Crippen molar-refractivity contribution in [3.63, 3.8) is 0 Å². The molecule has 0 bridgehead atoms. The standard InChI is InChI=1S/C14H11NO3S2/c1-9-4-6-20-13(9)14(16)17-8-10-7-11(18-15-10)12-3-2-5-19-12/h2-7H,8H2,1H3. The van der Waals surface area contributed by atoms with Crippen LogP contribution in [0.2, 0.25) is 0 Å². The molecule has 0 spiro atoms. The number of hydrogen-bond acceptors (Lipinski definition) is 6. The molecular formula is C14H11NO3S2. The van der Waals surface area contributed by atoms with Gasteiger partial charge >= 0.3 is 5.97 Å². The van der Waals surface area contributed by atoms with E-state index in [-0.39, 0.29) is 12.6 Å². The zero-order valence-electron chi connectivity index (χ0n) is 10.7. The Bertz CT molecular complexity index is 712. The highest BCUT2D eigenvalue weighted by molar-refractivity contribution is 7.13. The van der Waals surface area contributed by atoms with Crippen LogP contribution in [0, 0.1) is 6.92 Å². The quantitative estimate of drug-likeness (QED) is 0.680. The van der Waals surface area contributed by atoms with Crippen LogP contribution in [0.25, 0.3) is 10.6 Å². The zero-order chi connectivity index (χ0) is 13.9. The predicted octanol–water partition coefficient (Wildman–Crippen LogP) is 4.13. The molecule has 0 aliphatic rings. The van der Waals surface area contributed by atoms with Gasteiger partial charge in [-0.25, -0.2) is 4.79 Å². The molecule has 3 heterocycles. The second-order valence-corrected chi connectivity index (χ2v) is 6.03. The van der Waals surface area contributed by atoms with E-state index in [0.717, 1.165) is 10.4 Å². The van der Waals surface area contributed by atoms with E-state index in [4.69, 9.17) is 9.26 Å². The maximum atomic E-state index is 11.9. The predicted molar refractivity (Wildman–Crippen MR) is 78.0 cm³/mol. The van der Waals surface area contributed by atoms with E-state index in [2.05, 4.69) is 5.16 Å². The van der Waals surface area contributed by atoms with E-state index < -0.39 is 0 Å². The monoisotopic (exact) mass is 305 g/mol. The van der Waals surface area contributed by atoms with Crippen molar-refractivity contribution in [3.05, 3.63) is 51.2 Å². The number of esters is 1. The van der Waals surface area contributed by atoms with Crippen molar-refractivity contribution in [2.45, 2.75) is 13.5 Å². The van der Waals surface area contributed by atoms with Gasteiger partial charge in [-0.2, -0.15) is 0 Å².